The van der Waals surface area contributed by atoms with Crippen molar-refractivity contribution < 1.29 is 18.4 Å². The van der Waals surface area contributed by atoms with E-state index in [2.05, 4.69) is 30.7 Å². The number of carbonyl (C=O) groups excluding carboxylic acids is 2. The summed E-state index contributed by atoms with van der Waals surface area (Å²) in [6, 6.07) is 2.94. The molecule has 2 aliphatic rings. The van der Waals surface area contributed by atoms with Crippen molar-refractivity contribution in [2.45, 2.75) is 45.2 Å². The van der Waals surface area contributed by atoms with Crippen LogP contribution in [0.25, 0.3) is 0 Å². The summed E-state index contributed by atoms with van der Waals surface area (Å²) in [5.41, 5.74) is 1.52. The van der Waals surface area contributed by atoms with Crippen LogP contribution in [-0.4, -0.2) is 58.2 Å². The second-order valence-corrected chi connectivity index (χ2v) is 8.00. The summed E-state index contributed by atoms with van der Waals surface area (Å²) in [5, 5.41) is 12.8. The van der Waals surface area contributed by atoms with Crippen LogP contribution in [0.15, 0.2) is 24.4 Å². The van der Waals surface area contributed by atoms with Crippen LogP contribution in [0.5, 0.6) is 0 Å². The fraction of sp³-hybridized carbons (Fsp3) is 0.450. The van der Waals surface area contributed by atoms with E-state index in [9.17, 15) is 18.4 Å². The van der Waals surface area contributed by atoms with E-state index in [1.807, 2.05) is 6.92 Å². The number of carbonyl (C=O) groups is 2. The molecular formula is C20H23F2N7O2. The van der Waals surface area contributed by atoms with E-state index in [1.54, 1.807) is 18.3 Å². The van der Waals surface area contributed by atoms with Gasteiger partial charge in [0.15, 0.2) is 11.6 Å². The number of hydrogen-bond acceptors (Lipinski definition) is 6. The molecule has 0 radical (unpaired) electrons. The van der Waals surface area contributed by atoms with Crippen molar-refractivity contribution in [3.8, 4) is 0 Å². The fourth-order valence-electron chi connectivity index (χ4n) is 3.69. The maximum atomic E-state index is 13.5. The van der Waals surface area contributed by atoms with E-state index >= 15 is 0 Å². The summed E-state index contributed by atoms with van der Waals surface area (Å²) in [7, 11) is 0. The Bertz CT molecular complexity index is 1030. The summed E-state index contributed by atoms with van der Waals surface area (Å²) in [6.07, 6.45) is 2.32. The third kappa shape index (κ3) is 4.12. The van der Waals surface area contributed by atoms with Crippen LogP contribution in [0.3, 0.4) is 0 Å². The molecule has 3 amide bonds. The molecule has 2 N–H and O–H groups in total. The van der Waals surface area contributed by atoms with Gasteiger partial charge in [0, 0.05) is 20.0 Å². The van der Waals surface area contributed by atoms with Crippen LogP contribution in [-0.2, 0) is 0 Å². The molecule has 0 aromatic carbocycles. The van der Waals surface area contributed by atoms with Gasteiger partial charge in [0.05, 0.1) is 24.0 Å². The van der Waals surface area contributed by atoms with Gasteiger partial charge in [-0.05, 0) is 44.0 Å². The first-order valence-electron chi connectivity index (χ1n) is 9.97. The van der Waals surface area contributed by atoms with E-state index in [0.29, 0.717) is 23.9 Å². The number of aromatic nitrogens is 3. The number of urea groups is 1. The zero-order valence-electron chi connectivity index (χ0n) is 17.4. The van der Waals surface area contributed by atoms with Gasteiger partial charge in [-0.25, -0.2) is 18.6 Å². The first kappa shape index (κ1) is 20.9. The minimum absolute atomic E-state index is 0.0366. The molecule has 2 atom stereocenters. The normalized spacial score (nSPS) is 18.4. The van der Waals surface area contributed by atoms with E-state index in [0.717, 1.165) is 25.5 Å². The third-order valence-electron chi connectivity index (χ3n) is 5.54. The number of hydrogen-bond donors (Lipinski definition) is 2. The van der Waals surface area contributed by atoms with Crippen molar-refractivity contribution in [1.29, 1.82) is 0 Å². The topological polar surface area (TPSA) is 103 Å². The first-order valence-corrected chi connectivity index (χ1v) is 9.97. The highest BCUT2D eigenvalue weighted by Crippen LogP contribution is 2.39. The largest absolute Gasteiger partial charge is 0.366 e. The monoisotopic (exact) mass is 431 g/mol. The first-order chi connectivity index (χ1) is 14.6. The van der Waals surface area contributed by atoms with Crippen molar-refractivity contribution >= 4 is 29.3 Å². The molecule has 0 aliphatic carbocycles. The second kappa shape index (κ2) is 7.71. The van der Waals surface area contributed by atoms with Gasteiger partial charge in [-0.3, -0.25) is 15.0 Å². The third-order valence-corrected chi connectivity index (χ3v) is 5.54. The molecule has 1 fully saturated rings. The maximum Gasteiger partial charge on any atom is 0.329 e. The minimum Gasteiger partial charge on any atom is -0.366 e. The number of rotatable bonds is 4. The lowest BCUT2D eigenvalue weighted by Gasteiger charge is -2.35. The fourth-order valence-corrected chi connectivity index (χ4v) is 3.69. The number of fused-ring (bicyclic) bond motifs is 4. The number of alkyl halides is 2. The van der Waals surface area contributed by atoms with Crippen molar-refractivity contribution in [1.82, 2.24) is 20.5 Å². The van der Waals surface area contributed by atoms with Gasteiger partial charge in [0.25, 0.3) is 11.8 Å². The number of aryl methyl sites for hydroxylation is 1. The van der Waals surface area contributed by atoms with Crippen LogP contribution in [0.1, 0.15) is 36.3 Å². The molecule has 9 nitrogen and oxygen atoms in total. The zero-order chi connectivity index (χ0) is 22.3. The molecule has 31 heavy (non-hydrogen) atoms. The molecule has 2 aromatic rings. The molecule has 0 saturated carbocycles. The number of nitrogens with one attached hydrogen (secondary N) is 2. The van der Waals surface area contributed by atoms with Gasteiger partial charge < -0.3 is 10.2 Å². The van der Waals surface area contributed by atoms with E-state index in [1.165, 1.54) is 17.9 Å². The zero-order valence-corrected chi connectivity index (χ0v) is 17.4. The van der Waals surface area contributed by atoms with Gasteiger partial charge >= 0.3 is 6.03 Å². The van der Waals surface area contributed by atoms with E-state index < -0.39 is 23.9 Å². The summed E-state index contributed by atoms with van der Waals surface area (Å²) in [4.78, 5) is 33.6. The lowest BCUT2D eigenvalue weighted by molar-refractivity contribution is -0.0108. The molecular weight excluding hydrogens is 408 g/mol. The van der Waals surface area contributed by atoms with Crippen molar-refractivity contribution in [2.24, 2.45) is 0 Å². The van der Waals surface area contributed by atoms with Gasteiger partial charge in [0.2, 0.25) is 0 Å². The Morgan fingerprint density at radius 2 is 2.10 bits per heavy atom. The molecule has 2 aliphatic heterocycles. The highest BCUT2D eigenvalue weighted by Gasteiger charge is 2.41. The molecule has 0 spiro atoms. The summed E-state index contributed by atoms with van der Waals surface area (Å²) < 4.78 is 26.9. The van der Waals surface area contributed by atoms with Gasteiger partial charge in [-0.2, -0.15) is 5.10 Å². The summed E-state index contributed by atoms with van der Waals surface area (Å²) in [6.45, 7) is 5.20. The maximum absolute atomic E-state index is 13.5. The predicted molar refractivity (Wildman–Crippen MR) is 111 cm³/mol. The minimum atomic E-state index is -3.07. The smallest absolute Gasteiger partial charge is 0.329 e. The lowest BCUT2D eigenvalue weighted by Crippen LogP contribution is -2.49. The average molecular weight is 431 g/mol. The van der Waals surface area contributed by atoms with Crippen molar-refractivity contribution in [3.63, 3.8) is 0 Å². The van der Waals surface area contributed by atoms with Gasteiger partial charge in [0.1, 0.15) is 5.69 Å². The Morgan fingerprint density at radius 3 is 2.81 bits per heavy atom. The van der Waals surface area contributed by atoms with Crippen LogP contribution < -0.4 is 20.4 Å². The van der Waals surface area contributed by atoms with E-state index in [4.69, 9.17) is 0 Å². The van der Waals surface area contributed by atoms with Gasteiger partial charge in [-0.15, -0.1) is 5.10 Å². The van der Waals surface area contributed by atoms with Crippen LogP contribution >= 0.6 is 0 Å². The SMILES string of the molecule is Cc1cnnc(NC(=O)N2c3nc(C(=O)N[C@H](C)C(C)(F)F)ccc3N3CC[C@H]2C3)c1. The molecule has 164 valence electrons. The molecule has 4 heterocycles. The summed E-state index contributed by atoms with van der Waals surface area (Å²) >= 11 is 0. The Morgan fingerprint density at radius 1 is 1.32 bits per heavy atom. The highest BCUT2D eigenvalue weighted by molar-refractivity contribution is 6.05. The second-order valence-electron chi connectivity index (χ2n) is 8.00. The quantitative estimate of drug-likeness (QED) is 0.771. The molecule has 2 aromatic heterocycles. The Labute approximate surface area is 177 Å². The Kier molecular flexibility index (Phi) is 5.19. The predicted octanol–water partition coefficient (Wildman–Crippen LogP) is 2.58. The summed E-state index contributed by atoms with van der Waals surface area (Å²) in [5.74, 6) is -3.18. The Balaban J connectivity index is 1.63. The van der Waals surface area contributed by atoms with Crippen LogP contribution in [0.4, 0.5) is 30.9 Å². The van der Waals surface area contributed by atoms with Gasteiger partial charge in [-0.1, -0.05) is 0 Å². The number of amides is 3. The molecule has 0 unspecified atom stereocenters. The molecule has 11 heteroatoms. The Hall–Kier alpha value is -3.37. The van der Waals surface area contributed by atoms with E-state index in [-0.39, 0.29) is 11.7 Å². The number of anilines is 3. The standard InChI is InChI=1S/C20H23F2N7O2/c1-11-8-16(27-23-9-11)26-19(31)29-13-6-7-28(10-13)15-5-4-14(25-17(15)29)18(30)24-12(2)20(3,21)22/h4-5,8-9,12-13H,6-7,10H2,1-3H3,(H,24,30)(H,26,27,31)/t12-,13+/m1/s1. The molecule has 2 bridgehead atoms. The number of halogens is 2. The van der Waals surface area contributed by atoms with Crippen LogP contribution in [0.2, 0.25) is 0 Å². The number of nitrogens with zero attached hydrogens (tertiary/aromatic N) is 5. The lowest BCUT2D eigenvalue weighted by atomic mass is 10.1. The number of pyridine rings is 1. The highest BCUT2D eigenvalue weighted by atomic mass is 19.3. The van der Waals surface area contributed by atoms with Crippen molar-refractivity contribution in [3.05, 3.63) is 35.7 Å². The molecule has 1 saturated heterocycles. The molecule has 4 rings (SSSR count). The average Bonchev–Trinajstić information content (AvgIpc) is 3.11. The van der Waals surface area contributed by atoms with Crippen molar-refractivity contribution in [2.75, 3.05) is 28.2 Å². The van der Waals surface area contributed by atoms with Crippen LogP contribution in [0, 0.1) is 6.92 Å².